The maximum Gasteiger partial charge on any atom is 0.162 e. The van der Waals surface area contributed by atoms with Gasteiger partial charge in [0, 0.05) is 22.8 Å². The van der Waals surface area contributed by atoms with Gasteiger partial charge in [-0.15, -0.1) is 0 Å². The summed E-state index contributed by atoms with van der Waals surface area (Å²) >= 11 is 5.71. The van der Waals surface area contributed by atoms with E-state index in [2.05, 4.69) is 0 Å². The van der Waals surface area contributed by atoms with E-state index in [4.69, 9.17) is 11.6 Å². The molecule has 17 heavy (non-hydrogen) atoms. The summed E-state index contributed by atoms with van der Waals surface area (Å²) in [6, 6.07) is 6.60. The lowest BCUT2D eigenvalue weighted by atomic mass is 10.1. The molecule has 0 atom stereocenters. The quantitative estimate of drug-likeness (QED) is 0.750. The standard InChI is InChI=1S/C12H15ClO3S/c1-2-17(15,16)9-3-4-12(14)10-5-7-11(13)8-6-10/h5-8H,2-4,9H2,1H3. The van der Waals surface area contributed by atoms with Crippen molar-refractivity contribution in [3.63, 3.8) is 0 Å². The van der Waals surface area contributed by atoms with Crippen LogP contribution < -0.4 is 0 Å². The zero-order valence-corrected chi connectivity index (χ0v) is 11.2. The summed E-state index contributed by atoms with van der Waals surface area (Å²) in [5.41, 5.74) is 0.572. The molecular formula is C12H15ClO3S. The van der Waals surface area contributed by atoms with Crippen LogP contribution in [0.2, 0.25) is 5.02 Å². The van der Waals surface area contributed by atoms with E-state index in [0.29, 0.717) is 17.0 Å². The van der Waals surface area contributed by atoms with E-state index < -0.39 is 9.84 Å². The number of halogens is 1. The normalized spacial score (nSPS) is 11.4. The third-order valence-electron chi connectivity index (χ3n) is 2.47. The molecule has 0 aliphatic heterocycles. The largest absolute Gasteiger partial charge is 0.294 e. The molecular weight excluding hydrogens is 260 g/mol. The van der Waals surface area contributed by atoms with Gasteiger partial charge >= 0.3 is 0 Å². The SMILES string of the molecule is CCS(=O)(=O)CCCC(=O)c1ccc(Cl)cc1. The van der Waals surface area contributed by atoms with E-state index in [1.807, 2.05) is 0 Å². The van der Waals surface area contributed by atoms with Gasteiger partial charge in [-0.25, -0.2) is 8.42 Å². The number of sulfone groups is 1. The lowest BCUT2D eigenvalue weighted by molar-refractivity contribution is 0.0982. The highest BCUT2D eigenvalue weighted by Gasteiger charge is 2.10. The second kappa shape index (κ2) is 6.17. The average molecular weight is 275 g/mol. The molecule has 0 aliphatic rings. The van der Waals surface area contributed by atoms with Crippen LogP contribution in [0.5, 0.6) is 0 Å². The van der Waals surface area contributed by atoms with Gasteiger partial charge in [-0.05, 0) is 30.7 Å². The van der Waals surface area contributed by atoms with Crippen molar-refractivity contribution in [1.29, 1.82) is 0 Å². The monoisotopic (exact) mass is 274 g/mol. The third kappa shape index (κ3) is 4.88. The fourth-order valence-electron chi connectivity index (χ4n) is 1.38. The number of ketones is 1. The minimum absolute atomic E-state index is 0.0482. The molecule has 0 bridgehead atoms. The van der Waals surface area contributed by atoms with Crippen LogP contribution in [0.25, 0.3) is 0 Å². The Balaban J connectivity index is 2.48. The molecule has 0 radical (unpaired) electrons. The molecule has 0 N–H and O–H groups in total. The van der Waals surface area contributed by atoms with Gasteiger partial charge in [-0.1, -0.05) is 18.5 Å². The molecule has 0 saturated carbocycles. The van der Waals surface area contributed by atoms with Crippen molar-refractivity contribution in [2.45, 2.75) is 19.8 Å². The van der Waals surface area contributed by atoms with Gasteiger partial charge in [-0.3, -0.25) is 4.79 Å². The zero-order chi connectivity index (χ0) is 12.9. The number of hydrogen-bond donors (Lipinski definition) is 0. The Morgan fingerprint density at radius 2 is 1.82 bits per heavy atom. The van der Waals surface area contributed by atoms with E-state index in [9.17, 15) is 13.2 Å². The molecule has 0 amide bonds. The highest BCUT2D eigenvalue weighted by molar-refractivity contribution is 7.91. The molecule has 1 aromatic carbocycles. The molecule has 3 nitrogen and oxygen atoms in total. The zero-order valence-electron chi connectivity index (χ0n) is 9.65. The Hall–Kier alpha value is -0.870. The predicted molar refractivity (Wildman–Crippen MR) is 69.3 cm³/mol. The predicted octanol–water partition coefficient (Wildman–Crippen LogP) is 2.74. The molecule has 0 aromatic heterocycles. The number of hydrogen-bond acceptors (Lipinski definition) is 3. The van der Waals surface area contributed by atoms with Crippen LogP contribution in [-0.2, 0) is 9.84 Å². The van der Waals surface area contributed by atoms with Crippen LogP contribution in [0, 0.1) is 0 Å². The van der Waals surface area contributed by atoms with Crippen LogP contribution in [0.4, 0.5) is 0 Å². The summed E-state index contributed by atoms with van der Waals surface area (Å²) in [7, 11) is -2.98. The fourth-order valence-corrected chi connectivity index (χ4v) is 2.38. The number of rotatable bonds is 6. The highest BCUT2D eigenvalue weighted by atomic mass is 35.5. The number of Topliss-reactive ketones (excluding diaryl/α,β-unsaturated/α-hetero) is 1. The summed E-state index contributed by atoms with van der Waals surface area (Å²) < 4.78 is 22.5. The van der Waals surface area contributed by atoms with E-state index in [0.717, 1.165) is 0 Å². The Kier molecular flexibility index (Phi) is 5.15. The molecule has 5 heteroatoms. The number of carbonyl (C=O) groups is 1. The minimum Gasteiger partial charge on any atom is -0.294 e. The Morgan fingerprint density at radius 3 is 2.35 bits per heavy atom. The number of carbonyl (C=O) groups excluding carboxylic acids is 1. The molecule has 0 aliphatic carbocycles. The smallest absolute Gasteiger partial charge is 0.162 e. The van der Waals surface area contributed by atoms with Gasteiger partial charge in [0.15, 0.2) is 5.78 Å². The van der Waals surface area contributed by atoms with Crippen LogP contribution in [0.1, 0.15) is 30.1 Å². The van der Waals surface area contributed by atoms with E-state index in [1.54, 1.807) is 31.2 Å². The van der Waals surface area contributed by atoms with Crippen molar-refractivity contribution in [2.24, 2.45) is 0 Å². The van der Waals surface area contributed by atoms with Crippen LogP contribution >= 0.6 is 11.6 Å². The van der Waals surface area contributed by atoms with Crippen molar-refractivity contribution < 1.29 is 13.2 Å². The molecule has 0 saturated heterocycles. The van der Waals surface area contributed by atoms with Crippen LogP contribution in [0.3, 0.4) is 0 Å². The highest BCUT2D eigenvalue weighted by Crippen LogP contribution is 2.12. The summed E-state index contributed by atoms with van der Waals surface area (Å²) in [5.74, 6) is 0.151. The van der Waals surface area contributed by atoms with Gasteiger partial charge in [0.1, 0.15) is 9.84 Å². The lowest BCUT2D eigenvalue weighted by Gasteiger charge is -2.02. The maximum atomic E-state index is 11.7. The first kappa shape index (κ1) is 14.2. The van der Waals surface area contributed by atoms with Gasteiger partial charge in [-0.2, -0.15) is 0 Å². The summed E-state index contributed by atoms with van der Waals surface area (Å²) in [4.78, 5) is 11.7. The minimum atomic E-state index is -2.98. The van der Waals surface area contributed by atoms with E-state index in [1.165, 1.54) is 0 Å². The molecule has 0 fully saturated rings. The molecule has 1 aromatic rings. The molecule has 0 heterocycles. The van der Waals surface area contributed by atoms with E-state index >= 15 is 0 Å². The van der Waals surface area contributed by atoms with Crippen LogP contribution in [0.15, 0.2) is 24.3 Å². The van der Waals surface area contributed by atoms with E-state index in [-0.39, 0.29) is 23.7 Å². The second-order valence-electron chi connectivity index (χ2n) is 3.77. The van der Waals surface area contributed by atoms with Gasteiger partial charge in [0.2, 0.25) is 0 Å². The first-order chi connectivity index (χ1) is 7.94. The van der Waals surface area contributed by atoms with Gasteiger partial charge in [0.05, 0.1) is 5.75 Å². The van der Waals surface area contributed by atoms with Crippen molar-refractivity contribution in [3.05, 3.63) is 34.9 Å². The third-order valence-corrected chi connectivity index (χ3v) is 4.51. The van der Waals surface area contributed by atoms with Crippen molar-refractivity contribution in [3.8, 4) is 0 Å². The Bertz CT molecular complexity index is 477. The summed E-state index contributed by atoms with van der Waals surface area (Å²) in [6.07, 6.45) is 0.624. The molecule has 1 rings (SSSR count). The van der Waals surface area contributed by atoms with Crippen LogP contribution in [-0.4, -0.2) is 25.7 Å². The average Bonchev–Trinajstić information content (AvgIpc) is 2.29. The Morgan fingerprint density at radius 1 is 1.24 bits per heavy atom. The fraction of sp³-hybridized carbons (Fsp3) is 0.417. The molecule has 0 unspecified atom stereocenters. The van der Waals surface area contributed by atoms with Gasteiger partial charge in [0.25, 0.3) is 0 Å². The summed E-state index contributed by atoms with van der Waals surface area (Å²) in [5, 5.41) is 0.579. The molecule has 94 valence electrons. The summed E-state index contributed by atoms with van der Waals surface area (Å²) in [6.45, 7) is 1.61. The Labute approximate surface area is 107 Å². The van der Waals surface area contributed by atoms with Crippen molar-refractivity contribution in [2.75, 3.05) is 11.5 Å². The van der Waals surface area contributed by atoms with Crippen molar-refractivity contribution >= 4 is 27.2 Å². The maximum absolute atomic E-state index is 11.7. The first-order valence-electron chi connectivity index (χ1n) is 5.44. The first-order valence-corrected chi connectivity index (χ1v) is 7.64. The van der Waals surface area contributed by atoms with Gasteiger partial charge < -0.3 is 0 Å². The molecule has 0 spiro atoms. The topological polar surface area (TPSA) is 51.2 Å². The number of benzene rings is 1. The lowest BCUT2D eigenvalue weighted by Crippen LogP contribution is -2.10. The van der Waals surface area contributed by atoms with Crippen molar-refractivity contribution in [1.82, 2.24) is 0 Å². The second-order valence-corrected chi connectivity index (χ2v) is 6.68.